The minimum atomic E-state index is -0.882. The first kappa shape index (κ1) is 20.9. The minimum Gasteiger partial charge on any atom is -0.393 e. The van der Waals surface area contributed by atoms with Crippen LogP contribution in [0, 0.1) is 11.6 Å². The van der Waals surface area contributed by atoms with Crippen LogP contribution in [0.15, 0.2) is 61.3 Å². The van der Waals surface area contributed by atoms with Crippen molar-refractivity contribution in [3.8, 4) is 11.3 Å². The number of allylic oxidation sites excluding steroid dienone is 2. The number of nitrogens with zero attached hydrogens (tertiary/aromatic N) is 1. The van der Waals surface area contributed by atoms with Gasteiger partial charge < -0.3 is 5.11 Å². The highest BCUT2D eigenvalue weighted by atomic mass is 19.2. The number of hydrogen-bond donors (Lipinski definition) is 1. The van der Waals surface area contributed by atoms with Gasteiger partial charge in [0, 0.05) is 17.1 Å². The molecule has 29 heavy (non-hydrogen) atoms. The third kappa shape index (κ3) is 5.15. The molecule has 1 atom stereocenters. The molecule has 0 aliphatic heterocycles. The van der Waals surface area contributed by atoms with E-state index < -0.39 is 11.6 Å². The van der Waals surface area contributed by atoms with Crippen molar-refractivity contribution >= 4 is 16.8 Å². The van der Waals surface area contributed by atoms with Crippen LogP contribution < -0.4 is 0 Å². The molecule has 4 heteroatoms. The second-order valence-corrected chi connectivity index (χ2v) is 7.25. The fraction of sp³-hybridized carbons (Fsp3) is 0.240. The van der Waals surface area contributed by atoms with E-state index in [0.29, 0.717) is 5.69 Å². The Morgan fingerprint density at radius 1 is 1.10 bits per heavy atom. The molecule has 1 unspecified atom stereocenters. The van der Waals surface area contributed by atoms with E-state index in [4.69, 9.17) is 0 Å². The smallest absolute Gasteiger partial charge is 0.168 e. The molecule has 0 fully saturated rings. The Labute approximate surface area is 170 Å². The second kappa shape index (κ2) is 9.57. The van der Waals surface area contributed by atoms with Crippen LogP contribution in [0.3, 0.4) is 0 Å². The monoisotopic (exact) mass is 393 g/mol. The van der Waals surface area contributed by atoms with Crippen molar-refractivity contribution in [1.29, 1.82) is 0 Å². The summed E-state index contributed by atoms with van der Waals surface area (Å²) in [5.74, 6) is -1.73. The molecule has 0 bridgehead atoms. The van der Waals surface area contributed by atoms with E-state index in [2.05, 4.69) is 17.6 Å². The molecular weight excluding hydrogens is 368 g/mol. The van der Waals surface area contributed by atoms with Crippen molar-refractivity contribution in [1.82, 2.24) is 4.98 Å². The normalized spacial score (nSPS) is 12.6. The van der Waals surface area contributed by atoms with Crippen LogP contribution in [0.1, 0.15) is 37.3 Å². The number of fused-ring (bicyclic) bond motifs is 1. The van der Waals surface area contributed by atoms with Gasteiger partial charge in [-0.2, -0.15) is 0 Å². The lowest BCUT2D eigenvalue weighted by Crippen LogP contribution is -1.97. The highest BCUT2D eigenvalue weighted by Crippen LogP contribution is 2.28. The van der Waals surface area contributed by atoms with Crippen LogP contribution in [-0.2, 0) is 6.42 Å². The fourth-order valence-corrected chi connectivity index (χ4v) is 3.26. The first-order chi connectivity index (χ1) is 14.0. The lowest BCUT2D eigenvalue weighted by molar-refractivity contribution is 0.182. The van der Waals surface area contributed by atoms with Gasteiger partial charge in [-0.15, -0.1) is 6.58 Å². The number of aliphatic hydroxyl groups is 1. The summed E-state index contributed by atoms with van der Waals surface area (Å²) in [6.07, 6.45) is 10.0. The van der Waals surface area contributed by atoms with Crippen LogP contribution >= 0.6 is 0 Å². The summed E-state index contributed by atoms with van der Waals surface area (Å²) in [6, 6.07) is 10.9. The number of pyridine rings is 1. The predicted molar refractivity (Wildman–Crippen MR) is 116 cm³/mol. The summed E-state index contributed by atoms with van der Waals surface area (Å²) >= 11 is 0. The zero-order valence-corrected chi connectivity index (χ0v) is 16.5. The first-order valence-corrected chi connectivity index (χ1v) is 9.82. The Kier molecular flexibility index (Phi) is 6.89. The Bertz CT molecular complexity index is 1040. The van der Waals surface area contributed by atoms with Crippen molar-refractivity contribution in [3.05, 3.63) is 84.1 Å². The van der Waals surface area contributed by atoms with Crippen LogP contribution in [0.25, 0.3) is 28.1 Å². The molecule has 1 aromatic heterocycles. The molecule has 3 rings (SSSR count). The molecule has 150 valence electrons. The average Bonchev–Trinajstić information content (AvgIpc) is 2.71. The molecule has 1 heterocycles. The topological polar surface area (TPSA) is 33.1 Å². The molecular formula is C25H25F2NO. The number of rotatable bonds is 8. The van der Waals surface area contributed by atoms with Gasteiger partial charge in [-0.25, -0.2) is 8.78 Å². The first-order valence-electron chi connectivity index (χ1n) is 9.82. The highest BCUT2D eigenvalue weighted by molar-refractivity contribution is 5.87. The molecule has 1 N–H and O–H groups in total. The molecule has 3 aromatic rings. The minimum absolute atomic E-state index is 0.152. The Morgan fingerprint density at radius 2 is 1.93 bits per heavy atom. The zero-order valence-electron chi connectivity index (χ0n) is 16.5. The summed E-state index contributed by atoms with van der Waals surface area (Å²) in [4.78, 5) is 4.35. The summed E-state index contributed by atoms with van der Waals surface area (Å²) in [7, 11) is 0. The lowest BCUT2D eigenvalue weighted by atomic mass is 10.0. The predicted octanol–water partition coefficient (Wildman–Crippen LogP) is 6.47. The molecule has 0 amide bonds. The zero-order chi connectivity index (χ0) is 20.8. The Morgan fingerprint density at radius 3 is 2.69 bits per heavy atom. The van der Waals surface area contributed by atoms with Gasteiger partial charge in [0.05, 0.1) is 11.8 Å². The molecule has 2 nitrogen and oxygen atoms in total. The number of aromatic nitrogens is 1. The molecule has 0 saturated carbocycles. The van der Waals surface area contributed by atoms with Crippen LogP contribution in [0.2, 0.25) is 0 Å². The number of benzene rings is 2. The quantitative estimate of drug-likeness (QED) is 0.351. The van der Waals surface area contributed by atoms with E-state index in [0.717, 1.165) is 35.6 Å². The van der Waals surface area contributed by atoms with Gasteiger partial charge in [0.25, 0.3) is 0 Å². The van der Waals surface area contributed by atoms with Crippen molar-refractivity contribution in [2.24, 2.45) is 0 Å². The van der Waals surface area contributed by atoms with E-state index in [1.165, 1.54) is 0 Å². The largest absolute Gasteiger partial charge is 0.393 e. The number of unbranched alkanes of at least 4 members (excludes halogenated alkanes) is 1. The lowest BCUT2D eigenvalue weighted by Gasteiger charge is -2.08. The van der Waals surface area contributed by atoms with E-state index in [1.807, 2.05) is 24.3 Å². The van der Waals surface area contributed by atoms with E-state index in [9.17, 15) is 13.9 Å². The van der Waals surface area contributed by atoms with Gasteiger partial charge in [0.15, 0.2) is 11.6 Å². The second-order valence-electron chi connectivity index (χ2n) is 7.25. The third-order valence-corrected chi connectivity index (χ3v) is 4.85. The van der Waals surface area contributed by atoms with Gasteiger partial charge in [0.1, 0.15) is 0 Å². The number of halogens is 2. The van der Waals surface area contributed by atoms with Gasteiger partial charge in [-0.05, 0) is 67.3 Å². The van der Waals surface area contributed by atoms with E-state index in [-0.39, 0.29) is 23.7 Å². The van der Waals surface area contributed by atoms with E-state index >= 15 is 0 Å². The Balaban J connectivity index is 1.82. The molecule has 0 aliphatic rings. The van der Waals surface area contributed by atoms with Crippen LogP contribution in [-0.4, -0.2) is 16.2 Å². The third-order valence-electron chi connectivity index (χ3n) is 4.85. The van der Waals surface area contributed by atoms with Crippen molar-refractivity contribution < 1.29 is 13.9 Å². The standard InChI is InChI=1S/C25H25F2NO/c1-3-7-19-12-13-22(25(27)24(19)26)23-15-20-11-10-18(14-21(20)16-28-23)9-6-4-5-8-17(2)29/h3,6,9-17,29H,1,4-5,7-8H2,2H3/b9-6+. The molecule has 2 aromatic carbocycles. The van der Waals surface area contributed by atoms with Gasteiger partial charge in [-0.1, -0.05) is 36.4 Å². The Hall–Kier alpha value is -2.85. The fourth-order valence-electron chi connectivity index (χ4n) is 3.26. The van der Waals surface area contributed by atoms with Crippen molar-refractivity contribution in [2.45, 2.75) is 38.7 Å². The number of aliphatic hydroxyl groups excluding tert-OH is 1. The highest BCUT2D eigenvalue weighted by Gasteiger charge is 2.15. The van der Waals surface area contributed by atoms with Crippen molar-refractivity contribution in [3.63, 3.8) is 0 Å². The summed E-state index contributed by atoms with van der Waals surface area (Å²) in [5, 5.41) is 11.1. The molecule has 0 spiro atoms. The van der Waals surface area contributed by atoms with Gasteiger partial charge in [0.2, 0.25) is 0 Å². The number of hydrogen-bond acceptors (Lipinski definition) is 2. The molecule has 0 aliphatic carbocycles. The maximum atomic E-state index is 14.5. The van der Waals surface area contributed by atoms with Gasteiger partial charge >= 0.3 is 0 Å². The van der Waals surface area contributed by atoms with Crippen molar-refractivity contribution in [2.75, 3.05) is 0 Å². The average molecular weight is 393 g/mol. The summed E-state index contributed by atoms with van der Waals surface area (Å²) in [5.41, 5.74) is 1.89. The summed E-state index contributed by atoms with van der Waals surface area (Å²) < 4.78 is 28.8. The summed E-state index contributed by atoms with van der Waals surface area (Å²) in [6.45, 7) is 5.36. The molecule has 0 saturated heterocycles. The van der Waals surface area contributed by atoms with Crippen LogP contribution in [0.4, 0.5) is 8.78 Å². The van der Waals surface area contributed by atoms with Crippen LogP contribution in [0.5, 0.6) is 0 Å². The van der Waals surface area contributed by atoms with Gasteiger partial charge in [-0.3, -0.25) is 4.98 Å². The molecule has 0 radical (unpaired) electrons. The SMILES string of the molecule is C=CCc1ccc(-c2cc3ccc(/C=C/CCCC(C)O)cc3cn2)c(F)c1F. The maximum Gasteiger partial charge on any atom is 0.168 e. The maximum absolute atomic E-state index is 14.5. The van der Waals surface area contributed by atoms with E-state index in [1.54, 1.807) is 37.4 Å².